The number of hydrogen-bond donors (Lipinski definition) is 4. The number of nitrogens with zero attached hydrogens (tertiary/aromatic N) is 1. The van der Waals surface area contributed by atoms with Gasteiger partial charge in [0.1, 0.15) is 17.1 Å². The lowest BCUT2D eigenvalue weighted by atomic mass is 10.0. The molecular weight excluding hydrogens is 491 g/mol. The number of nitrogens with one attached hydrogen (secondary N) is 1. The van der Waals surface area contributed by atoms with E-state index >= 15 is 0 Å². The van der Waals surface area contributed by atoms with Gasteiger partial charge in [-0.15, -0.1) is 0 Å². The number of aromatic hydroxyl groups is 1. The minimum Gasteiger partial charge on any atom is -0.507 e. The molecule has 1 aromatic rings. The van der Waals surface area contributed by atoms with Crippen LogP contribution in [0, 0.1) is 0 Å². The fraction of sp³-hybridized carbons (Fsp3) is 0.417. The standard InChI is InChI=1S/C24H31N2O9P/c27-21-16-20(35-36(30,31)32)15-18-14-19(25-34-17-22(28)26-11-7-5-8-12-26)10-6-3-1-2-4-9-13-33-24(29)23(18)21/h2,4,6,10,14-16,25,27H,1,3,5,7-9,11-13,17H2,(H2,30,31,32)/b4-2?,10-6?,19-14-. The van der Waals surface area contributed by atoms with Crippen molar-refractivity contribution >= 4 is 25.8 Å². The summed E-state index contributed by atoms with van der Waals surface area (Å²) in [4.78, 5) is 50.6. The van der Waals surface area contributed by atoms with Crippen molar-refractivity contribution in [1.82, 2.24) is 10.4 Å². The van der Waals surface area contributed by atoms with Crippen LogP contribution in [-0.2, 0) is 18.9 Å². The first-order valence-corrected chi connectivity index (χ1v) is 13.2. The van der Waals surface area contributed by atoms with Crippen molar-refractivity contribution in [2.24, 2.45) is 0 Å². The van der Waals surface area contributed by atoms with Gasteiger partial charge in [0.15, 0.2) is 6.61 Å². The average molecular weight is 522 g/mol. The highest BCUT2D eigenvalue weighted by atomic mass is 31.2. The van der Waals surface area contributed by atoms with Crippen LogP contribution < -0.4 is 10.0 Å². The molecule has 0 radical (unpaired) electrons. The predicted molar refractivity (Wildman–Crippen MR) is 131 cm³/mol. The second kappa shape index (κ2) is 13.3. The van der Waals surface area contributed by atoms with Crippen LogP contribution >= 0.6 is 7.82 Å². The Balaban J connectivity index is 1.90. The summed E-state index contributed by atoms with van der Waals surface area (Å²) < 4.78 is 21.2. The van der Waals surface area contributed by atoms with Gasteiger partial charge in [-0.25, -0.2) is 9.36 Å². The van der Waals surface area contributed by atoms with Crippen molar-refractivity contribution in [3.8, 4) is 11.5 Å². The molecule has 1 fully saturated rings. The zero-order chi connectivity index (χ0) is 26.0. The van der Waals surface area contributed by atoms with E-state index in [4.69, 9.17) is 19.4 Å². The van der Waals surface area contributed by atoms with E-state index in [0.29, 0.717) is 31.6 Å². The molecule has 0 unspecified atom stereocenters. The van der Waals surface area contributed by atoms with Gasteiger partial charge in [0.2, 0.25) is 0 Å². The molecule has 1 saturated heterocycles. The number of hydroxylamine groups is 1. The zero-order valence-electron chi connectivity index (χ0n) is 19.8. The summed E-state index contributed by atoms with van der Waals surface area (Å²) in [7, 11) is -4.93. The number of carbonyl (C=O) groups excluding carboxylic acids is 2. The van der Waals surface area contributed by atoms with E-state index in [-0.39, 0.29) is 36.0 Å². The Hall–Kier alpha value is -3.11. The Morgan fingerprint density at radius 1 is 1.08 bits per heavy atom. The van der Waals surface area contributed by atoms with Crippen molar-refractivity contribution in [3.05, 3.63) is 53.3 Å². The van der Waals surface area contributed by atoms with Crippen LogP contribution in [0.3, 0.4) is 0 Å². The van der Waals surface area contributed by atoms with E-state index < -0.39 is 19.5 Å². The average Bonchev–Trinajstić information content (AvgIpc) is 2.81. The highest BCUT2D eigenvalue weighted by molar-refractivity contribution is 7.46. The zero-order valence-corrected chi connectivity index (χ0v) is 20.7. The van der Waals surface area contributed by atoms with E-state index in [2.05, 4.69) is 10.0 Å². The molecule has 0 spiro atoms. The van der Waals surface area contributed by atoms with Crippen LogP contribution in [0.4, 0.5) is 0 Å². The summed E-state index contributed by atoms with van der Waals surface area (Å²) >= 11 is 0. The van der Waals surface area contributed by atoms with Crippen LogP contribution in [0.5, 0.6) is 11.5 Å². The smallest absolute Gasteiger partial charge is 0.507 e. The fourth-order valence-corrected chi connectivity index (χ4v) is 4.15. The number of phosphoric ester groups is 1. The molecule has 36 heavy (non-hydrogen) atoms. The molecule has 2 heterocycles. The Labute approximate surface area is 209 Å². The van der Waals surface area contributed by atoms with Crippen LogP contribution in [-0.4, -0.2) is 58.0 Å². The Kier molecular flexibility index (Phi) is 10.1. The number of phenols is 1. The maximum atomic E-state index is 12.7. The molecule has 1 aromatic carbocycles. The molecule has 12 heteroatoms. The number of benzene rings is 1. The summed E-state index contributed by atoms with van der Waals surface area (Å²) in [6.45, 7) is 1.25. The number of amides is 1. The molecule has 1 amide bonds. The second-order valence-electron chi connectivity index (χ2n) is 8.30. The maximum Gasteiger partial charge on any atom is 0.524 e. The number of cyclic esters (lactones) is 1. The first-order chi connectivity index (χ1) is 17.2. The highest BCUT2D eigenvalue weighted by Gasteiger charge is 2.23. The number of phosphoric acid groups is 1. The van der Waals surface area contributed by atoms with Crippen molar-refractivity contribution in [1.29, 1.82) is 0 Å². The summed E-state index contributed by atoms with van der Waals surface area (Å²) in [6.07, 6.45) is 13.8. The Morgan fingerprint density at radius 2 is 1.81 bits per heavy atom. The van der Waals surface area contributed by atoms with Gasteiger partial charge >= 0.3 is 13.8 Å². The fourth-order valence-electron chi connectivity index (χ4n) is 3.77. The van der Waals surface area contributed by atoms with Gasteiger partial charge in [-0.2, -0.15) is 0 Å². The Bertz CT molecular complexity index is 1070. The molecule has 0 saturated carbocycles. The number of piperidine rings is 1. The van der Waals surface area contributed by atoms with Gasteiger partial charge in [-0.3, -0.25) is 24.9 Å². The van der Waals surface area contributed by atoms with Gasteiger partial charge in [-0.05, 0) is 62.3 Å². The molecule has 4 N–H and O–H groups in total. The van der Waals surface area contributed by atoms with Crippen LogP contribution in [0.25, 0.3) is 6.08 Å². The summed E-state index contributed by atoms with van der Waals surface area (Å²) in [5, 5.41) is 10.5. The van der Waals surface area contributed by atoms with Gasteiger partial charge < -0.3 is 19.3 Å². The van der Waals surface area contributed by atoms with Crippen molar-refractivity contribution < 1.29 is 43.1 Å². The predicted octanol–water partition coefficient (Wildman–Crippen LogP) is 3.19. The number of allylic oxidation sites excluding steroid dienone is 3. The molecule has 2 aliphatic rings. The number of ether oxygens (including phenoxy) is 1. The number of fused-ring (bicyclic) bond motifs is 1. The third-order valence-corrected chi connectivity index (χ3v) is 5.89. The highest BCUT2D eigenvalue weighted by Crippen LogP contribution is 2.40. The number of esters is 1. The van der Waals surface area contributed by atoms with Gasteiger partial charge in [0, 0.05) is 19.2 Å². The first kappa shape index (κ1) is 27.5. The van der Waals surface area contributed by atoms with Crippen LogP contribution in [0.15, 0.2) is 42.1 Å². The van der Waals surface area contributed by atoms with E-state index in [1.807, 2.05) is 18.2 Å². The van der Waals surface area contributed by atoms with E-state index in [0.717, 1.165) is 31.7 Å². The maximum absolute atomic E-state index is 12.7. The largest absolute Gasteiger partial charge is 0.524 e. The number of likely N-dealkylation sites (tertiary alicyclic amines) is 1. The second-order valence-corrected chi connectivity index (χ2v) is 9.46. The number of hydrogen-bond acceptors (Lipinski definition) is 8. The molecule has 0 atom stereocenters. The van der Waals surface area contributed by atoms with E-state index in [1.165, 1.54) is 12.1 Å². The normalized spacial score (nSPS) is 18.9. The van der Waals surface area contributed by atoms with Gasteiger partial charge in [0.25, 0.3) is 5.91 Å². The number of rotatable bonds is 6. The first-order valence-electron chi connectivity index (χ1n) is 11.7. The third-order valence-electron chi connectivity index (χ3n) is 5.44. The van der Waals surface area contributed by atoms with Gasteiger partial charge in [0.05, 0.1) is 12.3 Å². The third kappa shape index (κ3) is 8.83. The lowest BCUT2D eigenvalue weighted by Crippen LogP contribution is -2.39. The quantitative estimate of drug-likeness (QED) is 0.189. The van der Waals surface area contributed by atoms with Crippen LogP contribution in [0.1, 0.15) is 54.4 Å². The Morgan fingerprint density at radius 3 is 2.56 bits per heavy atom. The molecule has 196 valence electrons. The summed E-state index contributed by atoms with van der Waals surface area (Å²) in [5.74, 6) is -1.91. The van der Waals surface area contributed by atoms with Crippen molar-refractivity contribution in [2.75, 3.05) is 26.3 Å². The lowest BCUT2D eigenvalue weighted by molar-refractivity contribution is -0.139. The lowest BCUT2D eigenvalue weighted by Gasteiger charge is -2.26. The van der Waals surface area contributed by atoms with Crippen molar-refractivity contribution in [3.63, 3.8) is 0 Å². The van der Waals surface area contributed by atoms with Crippen LogP contribution in [0.2, 0.25) is 0 Å². The molecule has 0 aromatic heterocycles. The molecule has 0 aliphatic carbocycles. The molecule has 11 nitrogen and oxygen atoms in total. The molecular formula is C24H31N2O9P. The minimum atomic E-state index is -4.93. The number of carbonyl (C=O) groups is 2. The van der Waals surface area contributed by atoms with E-state index in [1.54, 1.807) is 11.0 Å². The molecule has 0 bridgehead atoms. The SMILES string of the molecule is O=C1OCCC=CCCC=C/C(NOCC(=O)N2CCCCC2)=C/c2cc(OP(=O)(O)O)cc(O)c21. The van der Waals surface area contributed by atoms with Gasteiger partial charge in [-0.1, -0.05) is 18.2 Å². The molecule has 3 rings (SSSR count). The minimum absolute atomic E-state index is 0.0640. The summed E-state index contributed by atoms with van der Waals surface area (Å²) in [6, 6.07) is 2.11. The van der Waals surface area contributed by atoms with E-state index in [9.17, 15) is 19.3 Å². The summed E-state index contributed by atoms with van der Waals surface area (Å²) in [5.41, 5.74) is 2.87. The van der Waals surface area contributed by atoms with Crippen molar-refractivity contribution in [2.45, 2.75) is 38.5 Å². The number of phenolic OH excluding ortho intramolecular Hbond substituents is 1. The molecule has 2 aliphatic heterocycles. The topological polar surface area (TPSA) is 155 Å². The monoisotopic (exact) mass is 522 g/mol.